The fourth-order valence-corrected chi connectivity index (χ4v) is 4.69. The van der Waals surface area contributed by atoms with Crippen molar-refractivity contribution in [1.82, 2.24) is 35.6 Å². The zero-order valence-electron chi connectivity index (χ0n) is 17.0. The summed E-state index contributed by atoms with van der Waals surface area (Å²) in [4.78, 5) is 33.8. The van der Waals surface area contributed by atoms with Gasteiger partial charge in [-0.15, -0.1) is 28.8 Å². The normalized spacial score (nSPS) is 16.4. The molecule has 1 atom stereocenters. The molecular formula is C19H26ClN7O2S. The molecule has 9 nitrogen and oxygen atoms in total. The van der Waals surface area contributed by atoms with Crippen LogP contribution in [0.2, 0.25) is 0 Å². The Morgan fingerprint density at radius 2 is 2.23 bits per heavy atom. The van der Waals surface area contributed by atoms with Crippen molar-refractivity contribution >= 4 is 39.9 Å². The second-order valence-electron chi connectivity index (χ2n) is 7.52. The minimum absolute atomic E-state index is 0. The van der Waals surface area contributed by atoms with Gasteiger partial charge in [-0.3, -0.25) is 14.3 Å². The number of hydrogen-bond acceptors (Lipinski definition) is 7. The van der Waals surface area contributed by atoms with Gasteiger partial charge in [0.15, 0.2) is 5.69 Å². The van der Waals surface area contributed by atoms with Crippen molar-refractivity contribution in [2.75, 3.05) is 19.6 Å². The number of aryl methyl sites for hydroxylation is 2. The number of rotatable bonds is 6. The number of H-pyrrole nitrogens is 1. The maximum Gasteiger partial charge on any atom is 0.273 e. The number of halogens is 1. The SMILES string of the molecule is Cc1sc2nc(CCNC(=O)c3cn(CC4CCCNC4)nn3)[nH]c(=O)c2c1C.Cl. The lowest BCUT2D eigenvalue weighted by molar-refractivity contribution is 0.0949. The van der Waals surface area contributed by atoms with Gasteiger partial charge in [-0.2, -0.15) is 0 Å². The van der Waals surface area contributed by atoms with Crippen LogP contribution < -0.4 is 16.2 Å². The summed E-state index contributed by atoms with van der Waals surface area (Å²) >= 11 is 1.52. The quantitative estimate of drug-likeness (QED) is 0.523. The highest BCUT2D eigenvalue weighted by atomic mass is 35.5. The van der Waals surface area contributed by atoms with Gasteiger partial charge in [0.1, 0.15) is 10.7 Å². The molecule has 3 aromatic rings. The van der Waals surface area contributed by atoms with Gasteiger partial charge in [0.2, 0.25) is 0 Å². The highest BCUT2D eigenvalue weighted by Gasteiger charge is 2.17. The molecule has 162 valence electrons. The zero-order valence-corrected chi connectivity index (χ0v) is 18.7. The Labute approximate surface area is 184 Å². The van der Waals surface area contributed by atoms with Crippen LogP contribution >= 0.6 is 23.7 Å². The predicted octanol–water partition coefficient (Wildman–Crippen LogP) is 1.59. The summed E-state index contributed by atoms with van der Waals surface area (Å²) in [5.74, 6) is 0.811. The minimum atomic E-state index is -0.274. The molecular weight excluding hydrogens is 426 g/mol. The molecule has 1 amide bonds. The minimum Gasteiger partial charge on any atom is -0.350 e. The number of carbonyl (C=O) groups excluding carboxylic acids is 1. The molecule has 3 aromatic heterocycles. The van der Waals surface area contributed by atoms with E-state index in [0.717, 1.165) is 41.3 Å². The van der Waals surface area contributed by atoms with Crippen LogP contribution in [0.3, 0.4) is 0 Å². The summed E-state index contributed by atoms with van der Waals surface area (Å²) in [6.07, 6.45) is 4.45. The van der Waals surface area contributed by atoms with Crippen molar-refractivity contribution in [2.24, 2.45) is 5.92 Å². The molecule has 3 N–H and O–H groups in total. The second kappa shape index (κ2) is 9.67. The van der Waals surface area contributed by atoms with E-state index in [1.54, 1.807) is 10.9 Å². The Morgan fingerprint density at radius 1 is 1.40 bits per heavy atom. The molecule has 4 heterocycles. The summed E-state index contributed by atoms with van der Waals surface area (Å²) in [5.41, 5.74) is 1.15. The molecule has 1 saturated heterocycles. The van der Waals surface area contributed by atoms with Crippen LogP contribution in [0.1, 0.15) is 39.6 Å². The topological polar surface area (TPSA) is 118 Å². The van der Waals surface area contributed by atoms with E-state index in [-0.39, 0.29) is 23.9 Å². The van der Waals surface area contributed by atoms with E-state index in [1.165, 1.54) is 17.8 Å². The third-order valence-electron chi connectivity index (χ3n) is 5.35. The molecule has 11 heteroatoms. The van der Waals surface area contributed by atoms with Crippen molar-refractivity contribution in [3.8, 4) is 0 Å². The Hall–Kier alpha value is -2.30. The van der Waals surface area contributed by atoms with E-state index in [1.807, 2.05) is 13.8 Å². The largest absolute Gasteiger partial charge is 0.350 e. The molecule has 0 aliphatic carbocycles. The van der Waals surface area contributed by atoms with Gasteiger partial charge in [0.25, 0.3) is 11.5 Å². The Bertz CT molecular complexity index is 1080. The smallest absolute Gasteiger partial charge is 0.273 e. The summed E-state index contributed by atoms with van der Waals surface area (Å²) in [6, 6.07) is 0. The van der Waals surface area contributed by atoms with Crippen LogP contribution in [-0.2, 0) is 13.0 Å². The van der Waals surface area contributed by atoms with Gasteiger partial charge >= 0.3 is 0 Å². The molecule has 1 aliphatic heterocycles. The number of hydrogen-bond donors (Lipinski definition) is 3. The Balaban J connectivity index is 0.00000256. The van der Waals surface area contributed by atoms with E-state index in [2.05, 4.69) is 30.9 Å². The molecule has 30 heavy (non-hydrogen) atoms. The first-order valence-corrected chi connectivity index (χ1v) is 10.7. The first-order valence-electron chi connectivity index (χ1n) is 9.89. The van der Waals surface area contributed by atoms with Gasteiger partial charge in [0.05, 0.1) is 11.6 Å². The van der Waals surface area contributed by atoms with Gasteiger partial charge in [-0.1, -0.05) is 5.21 Å². The van der Waals surface area contributed by atoms with Crippen LogP contribution in [0, 0.1) is 19.8 Å². The van der Waals surface area contributed by atoms with Crippen molar-refractivity contribution in [1.29, 1.82) is 0 Å². The Kier molecular flexibility index (Phi) is 7.22. The van der Waals surface area contributed by atoms with Gasteiger partial charge in [-0.25, -0.2) is 4.98 Å². The summed E-state index contributed by atoms with van der Waals surface area (Å²) in [5, 5.41) is 14.9. The third-order valence-corrected chi connectivity index (χ3v) is 6.45. The van der Waals surface area contributed by atoms with Crippen LogP contribution in [0.15, 0.2) is 11.0 Å². The molecule has 1 unspecified atom stereocenters. The maximum atomic E-state index is 12.3. The number of amides is 1. The molecule has 0 bridgehead atoms. The van der Waals surface area contributed by atoms with E-state index in [0.29, 0.717) is 35.8 Å². The van der Waals surface area contributed by atoms with Crippen LogP contribution in [0.4, 0.5) is 0 Å². The van der Waals surface area contributed by atoms with Gasteiger partial charge in [-0.05, 0) is 51.3 Å². The molecule has 0 radical (unpaired) electrons. The molecule has 1 aliphatic rings. The number of nitrogens with one attached hydrogen (secondary N) is 3. The lowest BCUT2D eigenvalue weighted by Crippen LogP contribution is -2.32. The Morgan fingerprint density at radius 3 is 3.00 bits per heavy atom. The van der Waals surface area contributed by atoms with Crippen LogP contribution in [0.25, 0.3) is 10.2 Å². The zero-order chi connectivity index (χ0) is 20.4. The molecule has 0 aromatic carbocycles. The number of carbonyl (C=O) groups is 1. The average molecular weight is 452 g/mol. The predicted molar refractivity (Wildman–Crippen MR) is 119 cm³/mol. The molecule has 4 rings (SSSR count). The summed E-state index contributed by atoms with van der Waals surface area (Å²) < 4.78 is 1.74. The standard InChI is InChI=1S/C19H25N7O2S.ClH/c1-11-12(2)29-19-16(11)18(28)22-15(23-19)5-7-21-17(27)14-10-26(25-24-14)9-13-4-3-6-20-8-13;/h10,13,20H,3-9H2,1-2H3,(H,21,27)(H,22,23,28);1H. The van der Waals surface area contributed by atoms with E-state index >= 15 is 0 Å². The fourth-order valence-electron chi connectivity index (χ4n) is 3.64. The van der Waals surface area contributed by atoms with Gasteiger partial charge < -0.3 is 15.6 Å². The highest BCUT2D eigenvalue weighted by molar-refractivity contribution is 7.18. The first kappa shape index (κ1) is 22.4. The highest BCUT2D eigenvalue weighted by Crippen LogP contribution is 2.25. The number of thiophene rings is 1. The van der Waals surface area contributed by atoms with Crippen LogP contribution in [-0.4, -0.2) is 50.5 Å². The van der Waals surface area contributed by atoms with E-state index in [4.69, 9.17) is 0 Å². The number of fused-ring (bicyclic) bond motifs is 1. The maximum absolute atomic E-state index is 12.3. The number of aromatic nitrogens is 5. The summed E-state index contributed by atoms with van der Waals surface area (Å²) in [7, 11) is 0. The average Bonchev–Trinajstić information content (AvgIpc) is 3.27. The molecule has 0 spiro atoms. The number of nitrogens with zero attached hydrogens (tertiary/aromatic N) is 4. The summed E-state index contributed by atoms with van der Waals surface area (Å²) in [6.45, 7) is 7.08. The van der Waals surface area contributed by atoms with Gasteiger partial charge in [0, 0.05) is 24.4 Å². The van der Waals surface area contributed by atoms with Crippen molar-refractivity contribution in [2.45, 2.75) is 39.7 Å². The lowest BCUT2D eigenvalue weighted by Gasteiger charge is -2.22. The lowest BCUT2D eigenvalue weighted by atomic mass is 10.00. The number of piperidine rings is 1. The third kappa shape index (κ3) is 4.88. The van der Waals surface area contributed by atoms with Crippen molar-refractivity contribution < 1.29 is 4.79 Å². The number of aromatic amines is 1. The van der Waals surface area contributed by atoms with Crippen molar-refractivity contribution in [3.05, 3.63) is 38.5 Å². The van der Waals surface area contributed by atoms with Crippen molar-refractivity contribution in [3.63, 3.8) is 0 Å². The second-order valence-corrected chi connectivity index (χ2v) is 8.72. The monoisotopic (exact) mass is 451 g/mol. The fraction of sp³-hybridized carbons (Fsp3) is 0.526. The molecule has 0 saturated carbocycles. The van der Waals surface area contributed by atoms with E-state index in [9.17, 15) is 9.59 Å². The molecule has 1 fully saturated rings. The van der Waals surface area contributed by atoms with E-state index < -0.39 is 0 Å². The first-order chi connectivity index (χ1) is 14.0. The van der Waals surface area contributed by atoms with Crippen LogP contribution in [0.5, 0.6) is 0 Å².